The van der Waals surface area contributed by atoms with Crippen LogP contribution in [0.3, 0.4) is 0 Å². The van der Waals surface area contributed by atoms with Crippen LogP contribution in [0.25, 0.3) is 11.1 Å². The highest BCUT2D eigenvalue weighted by molar-refractivity contribution is 6.42. The van der Waals surface area contributed by atoms with E-state index in [2.05, 4.69) is 9.72 Å². The first kappa shape index (κ1) is 15.4. The van der Waals surface area contributed by atoms with E-state index in [4.69, 9.17) is 46.4 Å². The monoisotopic (exact) mass is 349 g/mol. The van der Waals surface area contributed by atoms with Crippen LogP contribution >= 0.6 is 46.4 Å². The Kier molecular flexibility index (Phi) is 4.76. The number of hydrogen-bond donors (Lipinski definition) is 0. The fraction of sp³-hybridized carbons (Fsp3) is 0.0769. The maximum atomic E-state index is 11.4. The van der Waals surface area contributed by atoms with Crippen molar-refractivity contribution in [1.82, 2.24) is 4.98 Å². The molecule has 0 bridgehead atoms. The van der Waals surface area contributed by atoms with E-state index >= 15 is 0 Å². The van der Waals surface area contributed by atoms with E-state index in [1.807, 2.05) is 0 Å². The van der Waals surface area contributed by atoms with Crippen molar-refractivity contribution >= 4 is 52.4 Å². The number of methoxy groups -OCH3 is 1. The van der Waals surface area contributed by atoms with Crippen LogP contribution in [-0.2, 0) is 4.74 Å². The second-order valence-corrected chi connectivity index (χ2v) is 5.45. The molecular formula is C13H7Cl4NO2. The van der Waals surface area contributed by atoms with Crippen molar-refractivity contribution in [3.63, 3.8) is 0 Å². The second-order valence-electron chi connectivity index (χ2n) is 3.79. The van der Waals surface area contributed by atoms with Crippen LogP contribution in [0.1, 0.15) is 10.5 Å². The minimum atomic E-state index is -0.616. The van der Waals surface area contributed by atoms with Crippen LogP contribution in [-0.4, -0.2) is 18.1 Å². The summed E-state index contributed by atoms with van der Waals surface area (Å²) in [7, 11) is 1.25. The lowest BCUT2D eigenvalue weighted by molar-refractivity contribution is 0.0594. The fourth-order valence-corrected chi connectivity index (χ4v) is 2.92. The molecule has 3 nitrogen and oxygen atoms in total. The highest BCUT2D eigenvalue weighted by Crippen LogP contribution is 2.38. The van der Waals surface area contributed by atoms with Crippen molar-refractivity contribution < 1.29 is 9.53 Å². The van der Waals surface area contributed by atoms with Crippen molar-refractivity contribution in [3.8, 4) is 11.1 Å². The molecule has 0 aliphatic rings. The van der Waals surface area contributed by atoms with Gasteiger partial charge in [0.15, 0.2) is 5.69 Å². The summed E-state index contributed by atoms with van der Waals surface area (Å²) in [5, 5.41) is 1.31. The Morgan fingerprint density at radius 2 is 1.65 bits per heavy atom. The van der Waals surface area contributed by atoms with E-state index in [1.54, 1.807) is 18.2 Å². The molecule has 2 rings (SSSR count). The maximum absolute atomic E-state index is 11.4. The van der Waals surface area contributed by atoms with Crippen LogP contribution in [0, 0.1) is 0 Å². The zero-order valence-electron chi connectivity index (χ0n) is 10.1. The fourth-order valence-electron chi connectivity index (χ4n) is 1.64. The number of benzene rings is 1. The van der Waals surface area contributed by atoms with Gasteiger partial charge in [-0.05, 0) is 18.2 Å². The number of aromatic nitrogens is 1. The van der Waals surface area contributed by atoms with Crippen molar-refractivity contribution in [3.05, 3.63) is 50.2 Å². The molecule has 104 valence electrons. The van der Waals surface area contributed by atoms with Crippen molar-refractivity contribution in [2.24, 2.45) is 0 Å². The van der Waals surface area contributed by atoms with E-state index < -0.39 is 5.97 Å². The summed E-state index contributed by atoms with van der Waals surface area (Å²) in [6, 6.07) is 4.67. The Morgan fingerprint density at radius 3 is 2.15 bits per heavy atom. The van der Waals surface area contributed by atoms with Crippen LogP contribution in [0.15, 0.2) is 24.4 Å². The molecule has 2 aromatic rings. The highest BCUT2D eigenvalue weighted by atomic mass is 35.5. The van der Waals surface area contributed by atoms with Crippen molar-refractivity contribution in [1.29, 1.82) is 0 Å². The summed E-state index contributed by atoms with van der Waals surface area (Å²) < 4.78 is 4.57. The number of halogens is 4. The molecule has 0 fully saturated rings. The first-order valence-electron chi connectivity index (χ1n) is 5.32. The Morgan fingerprint density at radius 1 is 1.05 bits per heavy atom. The third-order valence-electron chi connectivity index (χ3n) is 2.52. The molecule has 0 aliphatic heterocycles. The molecule has 7 heteroatoms. The molecule has 0 aliphatic carbocycles. The van der Waals surface area contributed by atoms with Gasteiger partial charge in [0.05, 0.1) is 22.2 Å². The Hall–Kier alpha value is -1.000. The Bertz CT molecular complexity index is 665. The molecule has 1 aromatic carbocycles. The van der Waals surface area contributed by atoms with Gasteiger partial charge in [0.1, 0.15) is 0 Å². The van der Waals surface area contributed by atoms with Gasteiger partial charge in [0.25, 0.3) is 0 Å². The highest BCUT2D eigenvalue weighted by Gasteiger charge is 2.16. The molecule has 0 saturated carbocycles. The van der Waals surface area contributed by atoms with Gasteiger partial charge in [-0.3, -0.25) is 0 Å². The molecule has 1 heterocycles. The summed E-state index contributed by atoms with van der Waals surface area (Å²) in [6.45, 7) is 0. The third-order valence-corrected chi connectivity index (χ3v) is 3.62. The average Bonchev–Trinajstić information content (AvgIpc) is 2.37. The van der Waals surface area contributed by atoms with E-state index in [9.17, 15) is 4.79 Å². The molecule has 0 amide bonds. The predicted octanol–water partition coefficient (Wildman–Crippen LogP) is 5.15. The van der Waals surface area contributed by atoms with E-state index in [0.717, 1.165) is 0 Å². The number of carbonyl (C=O) groups excluding carboxylic acids is 1. The number of nitrogens with zero attached hydrogens (tertiary/aromatic N) is 1. The molecule has 0 radical (unpaired) electrons. The molecule has 0 unspecified atom stereocenters. The molecular weight excluding hydrogens is 344 g/mol. The van der Waals surface area contributed by atoms with Crippen molar-refractivity contribution in [2.45, 2.75) is 0 Å². The van der Waals surface area contributed by atoms with Crippen LogP contribution in [0.4, 0.5) is 0 Å². The van der Waals surface area contributed by atoms with Gasteiger partial charge in [0, 0.05) is 22.3 Å². The third kappa shape index (κ3) is 3.01. The van der Waals surface area contributed by atoms with Crippen LogP contribution in [0.5, 0.6) is 0 Å². The molecule has 0 N–H and O–H groups in total. The van der Waals surface area contributed by atoms with Gasteiger partial charge in [-0.15, -0.1) is 0 Å². The lowest BCUT2D eigenvalue weighted by Crippen LogP contribution is -2.05. The van der Waals surface area contributed by atoms with Crippen LogP contribution < -0.4 is 0 Å². The smallest absolute Gasteiger partial charge is 0.358 e. The molecule has 1 aromatic heterocycles. The second kappa shape index (κ2) is 6.19. The lowest BCUT2D eigenvalue weighted by atomic mass is 10.1. The minimum Gasteiger partial charge on any atom is -0.464 e. The van der Waals surface area contributed by atoms with Gasteiger partial charge < -0.3 is 4.74 Å². The summed E-state index contributed by atoms with van der Waals surface area (Å²) >= 11 is 24.1. The quantitative estimate of drug-likeness (QED) is 0.703. The lowest BCUT2D eigenvalue weighted by Gasteiger charge is -2.09. The molecule has 0 spiro atoms. The van der Waals surface area contributed by atoms with Gasteiger partial charge >= 0.3 is 5.97 Å². The maximum Gasteiger partial charge on any atom is 0.358 e. The Labute approximate surface area is 135 Å². The minimum absolute atomic E-state index is 0.0270. The first-order chi connectivity index (χ1) is 9.43. The normalized spacial score (nSPS) is 10.4. The zero-order valence-corrected chi connectivity index (χ0v) is 13.1. The standard InChI is InChI=1S/C13H7Cl4NO2/c1-20-13(19)12-10(17)2-6(5-18-12)11-8(15)3-7(14)4-9(11)16/h2-5H,1H3. The van der Waals surface area contributed by atoms with E-state index in [-0.39, 0.29) is 10.7 Å². The summed E-state index contributed by atoms with van der Waals surface area (Å²) in [4.78, 5) is 15.4. The Balaban J connectivity index is 2.55. The average molecular weight is 351 g/mol. The number of pyridine rings is 1. The van der Waals surface area contributed by atoms with Crippen LogP contribution in [0.2, 0.25) is 20.1 Å². The van der Waals surface area contributed by atoms with Gasteiger partial charge in [-0.2, -0.15) is 0 Å². The molecule has 20 heavy (non-hydrogen) atoms. The first-order valence-corrected chi connectivity index (χ1v) is 6.84. The van der Waals surface area contributed by atoms with E-state index in [1.165, 1.54) is 13.3 Å². The number of carbonyl (C=O) groups is 1. The van der Waals surface area contributed by atoms with Crippen molar-refractivity contribution in [2.75, 3.05) is 7.11 Å². The zero-order chi connectivity index (χ0) is 14.9. The van der Waals surface area contributed by atoms with Gasteiger partial charge in [-0.25, -0.2) is 9.78 Å². The molecule has 0 atom stereocenters. The summed E-state index contributed by atoms with van der Waals surface area (Å²) in [6.07, 6.45) is 1.44. The van der Waals surface area contributed by atoms with Gasteiger partial charge in [0.2, 0.25) is 0 Å². The summed E-state index contributed by atoms with van der Waals surface area (Å²) in [5.74, 6) is -0.616. The predicted molar refractivity (Wildman–Crippen MR) is 81.1 cm³/mol. The van der Waals surface area contributed by atoms with Gasteiger partial charge in [-0.1, -0.05) is 46.4 Å². The number of rotatable bonds is 2. The number of esters is 1. The largest absolute Gasteiger partial charge is 0.464 e. The number of ether oxygens (including phenoxy) is 1. The SMILES string of the molecule is COC(=O)c1ncc(-c2c(Cl)cc(Cl)cc2Cl)cc1Cl. The van der Waals surface area contributed by atoms with E-state index in [0.29, 0.717) is 26.2 Å². The topological polar surface area (TPSA) is 39.2 Å². The molecule has 0 saturated heterocycles. The summed E-state index contributed by atoms with van der Waals surface area (Å²) in [5.41, 5.74) is 1.15. The number of hydrogen-bond acceptors (Lipinski definition) is 3.